The zero-order valence-corrected chi connectivity index (χ0v) is 24.5. The number of carbonyl (C=O) groups is 3. The van der Waals surface area contributed by atoms with Crippen LogP contribution in [-0.2, 0) is 16.1 Å². The van der Waals surface area contributed by atoms with Gasteiger partial charge >= 0.3 is 18.1 Å². The second-order valence-corrected chi connectivity index (χ2v) is 11.4. The lowest BCUT2D eigenvalue weighted by atomic mass is 9.98. The van der Waals surface area contributed by atoms with Crippen LogP contribution >= 0.6 is 11.8 Å². The van der Waals surface area contributed by atoms with Crippen LogP contribution < -0.4 is 4.74 Å². The Labute approximate surface area is 249 Å². The van der Waals surface area contributed by atoms with Crippen LogP contribution in [0.2, 0.25) is 0 Å². The van der Waals surface area contributed by atoms with Gasteiger partial charge in [-0.25, -0.2) is 24.3 Å². The number of nitrogens with zero attached hydrogens (tertiary/aromatic N) is 4. The molecule has 3 aromatic rings. The van der Waals surface area contributed by atoms with Crippen LogP contribution in [0.3, 0.4) is 0 Å². The molecule has 2 fully saturated rings. The van der Waals surface area contributed by atoms with E-state index in [-0.39, 0.29) is 31.3 Å². The molecule has 0 spiro atoms. The molecular weight excluding hydrogens is 556 g/mol. The minimum Gasteiger partial charge on any atom is -0.482 e. The molecule has 3 amide bonds. The van der Waals surface area contributed by atoms with Crippen molar-refractivity contribution < 1.29 is 29.0 Å². The average molecular weight is 591 g/mol. The fourth-order valence-corrected chi connectivity index (χ4v) is 6.32. The third-order valence-corrected chi connectivity index (χ3v) is 8.59. The van der Waals surface area contributed by atoms with Crippen molar-refractivity contribution in [2.24, 2.45) is 0 Å². The molecule has 2 aliphatic rings. The van der Waals surface area contributed by atoms with Gasteiger partial charge in [0.15, 0.2) is 6.61 Å². The van der Waals surface area contributed by atoms with Crippen LogP contribution in [0.25, 0.3) is 0 Å². The Balaban J connectivity index is 1.18. The summed E-state index contributed by atoms with van der Waals surface area (Å²) < 4.78 is 10.1. The Morgan fingerprint density at radius 1 is 1.02 bits per heavy atom. The van der Waals surface area contributed by atoms with E-state index < -0.39 is 12.1 Å². The smallest absolute Gasteiger partial charge is 0.417 e. The SMILES string of the molecule is COC(=O)N1C[C@@H](c2ccccc2)N(C2CCN(Cc3ccc(Sc4ccc(OCC(=O)O)cc4)nc3C)CC2)C1=O. The van der Waals surface area contributed by atoms with Gasteiger partial charge in [-0.3, -0.25) is 4.90 Å². The van der Waals surface area contributed by atoms with Crippen LogP contribution in [0.1, 0.15) is 35.7 Å². The van der Waals surface area contributed by atoms with Crippen molar-refractivity contribution in [2.45, 2.75) is 48.3 Å². The van der Waals surface area contributed by atoms with E-state index in [1.807, 2.05) is 60.4 Å². The van der Waals surface area contributed by atoms with Crippen molar-refractivity contribution in [3.8, 4) is 5.75 Å². The number of methoxy groups -OCH3 is 1. The number of carboxylic acids is 1. The lowest BCUT2D eigenvalue weighted by Crippen LogP contribution is -2.47. The van der Waals surface area contributed by atoms with Crippen LogP contribution in [0.15, 0.2) is 76.7 Å². The third-order valence-electron chi connectivity index (χ3n) is 7.65. The molecule has 11 heteroatoms. The number of hydrogen-bond acceptors (Lipinski definition) is 8. The van der Waals surface area contributed by atoms with Gasteiger partial charge in [0.05, 0.1) is 19.7 Å². The molecule has 0 bridgehead atoms. The van der Waals surface area contributed by atoms with Crippen molar-refractivity contribution in [1.29, 1.82) is 0 Å². The summed E-state index contributed by atoms with van der Waals surface area (Å²) in [5.41, 5.74) is 3.14. The summed E-state index contributed by atoms with van der Waals surface area (Å²) in [6, 6.07) is 20.8. The minimum absolute atomic E-state index is 0.0347. The van der Waals surface area contributed by atoms with Gasteiger partial charge in [0.25, 0.3) is 0 Å². The molecule has 3 heterocycles. The first-order valence-electron chi connectivity index (χ1n) is 13.9. The molecule has 1 N–H and O–H groups in total. The van der Waals surface area contributed by atoms with E-state index in [4.69, 9.17) is 19.6 Å². The highest BCUT2D eigenvalue weighted by atomic mass is 32.2. The van der Waals surface area contributed by atoms with Crippen LogP contribution in [0, 0.1) is 6.92 Å². The highest BCUT2D eigenvalue weighted by molar-refractivity contribution is 7.99. The molecule has 1 aromatic heterocycles. The van der Waals surface area contributed by atoms with E-state index >= 15 is 0 Å². The van der Waals surface area contributed by atoms with E-state index in [1.165, 1.54) is 23.8 Å². The maximum absolute atomic E-state index is 13.3. The fourth-order valence-electron chi connectivity index (χ4n) is 5.48. The van der Waals surface area contributed by atoms with Gasteiger partial charge in [0.2, 0.25) is 0 Å². The maximum atomic E-state index is 13.3. The molecule has 1 atom stereocenters. The summed E-state index contributed by atoms with van der Waals surface area (Å²) in [7, 11) is 1.30. The lowest BCUT2D eigenvalue weighted by molar-refractivity contribution is -0.139. The summed E-state index contributed by atoms with van der Waals surface area (Å²) in [6.07, 6.45) is 1.01. The number of urea groups is 1. The number of likely N-dealkylation sites (tertiary alicyclic amines) is 1. The second kappa shape index (κ2) is 13.3. The Morgan fingerprint density at radius 2 is 1.74 bits per heavy atom. The number of aryl methyl sites for hydroxylation is 1. The molecule has 2 aliphatic heterocycles. The standard InChI is InChI=1S/C31H34N4O6S/c1-21-23(8-13-28(32-21)42-26-11-9-25(10-12-26)41-20-29(36)37)18-33-16-14-24(15-17-33)35-27(22-6-4-3-5-7-22)19-34(30(35)38)31(39)40-2/h3-13,24,27H,14-20H2,1-2H3,(H,36,37)/t27-/m0/s1. The summed E-state index contributed by atoms with van der Waals surface area (Å²) in [6.45, 7) is 4.37. The van der Waals surface area contributed by atoms with Crippen molar-refractivity contribution in [3.05, 3.63) is 83.6 Å². The number of carboxylic acid groups (broad SMARTS) is 1. The number of amides is 3. The Hall–Kier alpha value is -4.09. The highest BCUT2D eigenvalue weighted by Crippen LogP contribution is 2.35. The zero-order valence-electron chi connectivity index (χ0n) is 23.6. The van der Waals surface area contributed by atoms with Crippen LogP contribution in [0.5, 0.6) is 5.75 Å². The summed E-state index contributed by atoms with van der Waals surface area (Å²) in [4.78, 5) is 47.6. The third kappa shape index (κ3) is 6.85. The van der Waals surface area contributed by atoms with Gasteiger partial charge in [-0.2, -0.15) is 0 Å². The van der Waals surface area contributed by atoms with Gasteiger partial charge in [-0.05, 0) is 61.2 Å². The summed E-state index contributed by atoms with van der Waals surface area (Å²) in [5, 5.41) is 9.63. The van der Waals surface area contributed by atoms with Gasteiger partial charge in [-0.1, -0.05) is 48.2 Å². The van der Waals surface area contributed by atoms with Crippen LogP contribution in [-0.4, -0.2) is 82.3 Å². The number of aliphatic carboxylic acids is 1. The minimum atomic E-state index is -1.01. The second-order valence-electron chi connectivity index (χ2n) is 10.4. The topological polar surface area (TPSA) is 113 Å². The number of aromatic nitrogens is 1. The van der Waals surface area contributed by atoms with E-state index in [0.717, 1.165) is 59.2 Å². The number of piperidine rings is 1. The molecule has 0 aliphatic carbocycles. The predicted molar refractivity (Wildman–Crippen MR) is 156 cm³/mol. The van der Waals surface area contributed by atoms with Gasteiger partial charge in [0, 0.05) is 36.3 Å². The molecule has 2 saturated heterocycles. The predicted octanol–water partition coefficient (Wildman–Crippen LogP) is 5.21. The number of benzene rings is 2. The molecule has 42 heavy (non-hydrogen) atoms. The van der Waals surface area contributed by atoms with E-state index in [1.54, 1.807) is 12.1 Å². The number of ether oxygens (including phenoxy) is 2. The monoisotopic (exact) mass is 590 g/mol. The Morgan fingerprint density at radius 3 is 2.38 bits per heavy atom. The van der Waals surface area contributed by atoms with Crippen molar-refractivity contribution >= 4 is 29.9 Å². The number of imide groups is 1. The summed E-state index contributed by atoms with van der Waals surface area (Å²) in [5.74, 6) is -0.501. The Kier molecular flexibility index (Phi) is 9.28. The highest BCUT2D eigenvalue weighted by Gasteiger charge is 2.45. The number of hydrogen-bond donors (Lipinski definition) is 1. The molecule has 5 rings (SSSR count). The molecule has 220 valence electrons. The fraction of sp³-hybridized carbons (Fsp3) is 0.355. The Bertz CT molecular complexity index is 1410. The number of rotatable bonds is 9. The lowest BCUT2D eigenvalue weighted by Gasteiger charge is -2.39. The first-order chi connectivity index (χ1) is 20.3. The molecule has 10 nitrogen and oxygen atoms in total. The molecule has 0 radical (unpaired) electrons. The molecule has 0 saturated carbocycles. The zero-order chi connectivity index (χ0) is 29.6. The van der Waals surface area contributed by atoms with E-state index in [9.17, 15) is 14.4 Å². The summed E-state index contributed by atoms with van der Waals surface area (Å²) >= 11 is 1.54. The number of pyridine rings is 1. The normalized spacial score (nSPS) is 17.9. The van der Waals surface area contributed by atoms with Gasteiger partial charge in [0.1, 0.15) is 10.8 Å². The van der Waals surface area contributed by atoms with E-state index in [2.05, 4.69) is 11.0 Å². The van der Waals surface area contributed by atoms with Crippen molar-refractivity contribution in [3.63, 3.8) is 0 Å². The average Bonchev–Trinajstić information content (AvgIpc) is 3.35. The van der Waals surface area contributed by atoms with Crippen molar-refractivity contribution in [2.75, 3.05) is 33.4 Å². The first kappa shape index (κ1) is 29.4. The molecule has 2 aromatic carbocycles. The number of carbonyl (C=O) groups excluding carboxylic acids is 2. The first-order valence-corrected chi connectivity index (χ1v) is 14.7. The van der Waals surface area contributed by atoms with Gasteiger partial charge in [-0.15, -0.1) is 0 Å². The molecular formula is C31H34N4O6S. The van der Waals surface area contributed by atoms with Crippen LogP contribution in [0.4, 0.5) is 9.59 Å². The van der Waals surface area contributed by atoms with Gasteiger partial charge < -0.3 is 19.5 Å². The van der Waals surface area contributed by atoms with E-state index in [0.29, 0.717) is 5.75 Å². The van der Waals surface area contributed by atoms with Crippen molar-refractivity contribution in [1.82, 2.24) is 19.7 Å². The quantitative estimate of drug-likeness (QED) is 0.359. The largest absolute Gasteiger partial charge is 0.482 e. The molecule has 0 unspecified atom stereocenters. The maximum Gasteiger partial charge on any atom is 0.417 e.